The van der Waals surface area contributed by atoms with Gasteiger partial charge in [0.15, 0.2) is 5.96 Å². The summed E-state index contributed by atoms with van der Waals surface area (Å²) in [5.74, 6) is 0.388. The molecule has 0 fully saturated rings. The van der Waals surface area contributed by atoms with Crippen LogP contribution in [-0.4, -0.2) is 36.6 Å². The number of hydrogen-bond donors (Lipinski definition) is 3. The number of hydrogen-bond acceptors (Lipinski definition) is 2. The van der Waals surface area contributed by atoms with E-state index in [1.807, 2.05) is 7.05 Å². The minimum atomic E-state index is -0.214. The highest BCUT2D eigenvalue weighted by Crippen LogP contribution is 2.24. The first-order chi connectivity index (χ1) is 12.4. The fraction of sp³-hybridized carbons (Fsp3) is 0.294. The highest BCUT2D eigenvalue weighted by Gasteiger charge is 2.10. The Kier molecular flexibility index (Phi) is 10.3. The van der Waals surface area contributed by atoms with Gasteiger partial charge in [0.25, 0.3) is 5.91 Å². The molecule has 0 unspecified atom stereocenters. The van der Waals surface area contributed by atoms with Gasteiger partial charge in [-0.3, -0.25) is 9.79 Å². The lowest BCUT2D eigenvalue weighted by atomic mass is 10.2. The quantitative estimate of drug-likeness (QED) is 0.225. The largest absolute Gasteiger partial charge is 0.355 e. The van der Waals surface area contributed by atoms with Gasteiger partial charge in [0.2, 0.25) is 0 Å². The van der Waals surface area contributed by atoms with Crippen LogP contribution in [0.4, 0.5) is 0 Å². The number of nitrogens with one attached hydrogen (secondary N) is 3. The van der Waals surface area contributed by atoms with Crippen LogP contribution in [0.1, 0.15) is 16.1 Å². The van der Waals surface area contributed by atoms with Crippen molar-refractivity contribution in [2.75, 3.05) is 20.1 Å². The molecule has 6 nitrogen and oxygen atoms in total. The highest BCUT2D eigenvalue weighted by atomic mass is 127. The molecule has 1 aromatic carbocycles. The van der Waals surface area contributed by atoms with E-state index in [1.54, 1.807) is 41.9 Å². The monoisotopic (exact) mass is 543 g/mol. The summed E-state index contributed by atoms with van der Waals surface area (Å²) in [6.45, 7) is 1.44. The Labute approximate surface area is 190 Å². The second-order valence-electron chi connectivity index (χ2n) is 5.42. The Balaban J connectivity index is 0.00000364. The molecule has 0 radical (unpaired) electrons. The minimum absolute atomic E-state index is 0. The zero-order chi connectivity index (χ0) is 19.1. The zero-order valence-electron chi connectivity index (χ0n) is 14.9. The summed E-state index contributed by atoms with van der Waals surface area (Å²) < 4.78 is 1.80. The number of guanidine groups is 1. The molecule has 27 heavy (non-hydrogen) atoms. The number of benzene rings is 1. The maximum Gasteiger partial charge on any atom is 0.252 e. The second kappa shape index (κ2) is 11.6. The van der Waals surface area contributed by atoms with E-state index in [1.165, 1.54) is 0 Å². The van der Waals surface area contributed by atoms with Crippen LogP contribution in [-0.2, 0) is 13.6 Å². The SMILES string of the molecule is CN=C(NCCNC(=O)c1ccccc1Cl)NCc1cc(Cl)c(Cl)n1C.I. The third kappa shape index (κ3) is 6.74. The lowest BCUT2D eigenvalue weighted by molar-refractivity contribution is 0.0954. The molecule has 1 amide bonds. The highest BCUT2D eigenvalue weighted by molar-refractivity contribution is 14.0. The topological polar surface area (TPSA) is 70.4 Å². The summed E-state index contributed by atoms with van der Waals surface area (Å²) in [5, 5.41) is 10.5. The van der Waals surface area contributed by atoms with Gasteiger partial charge < -0.3 is 20.5 Å². The first-order valence-electron chi connectivity index (χ1n) is 7.91. The molecule has 148 valence electrons. The number of carbonyl (C=O) groups is 1. The van der Waals surface area contributed by atoms with Crippen molar-refractivity contribution >= 4 is 70.6 Å². The molecule has 2 rings (SSSR count). The standard InChI is InChI=1S/C17H20Cl3N5O.HI/c1-21-17(24-10-11-9-14(19)15(20)25(11)2)23-8-7-22-16(26)12-5-3-4-6-13(12)18;/h3-6,9H,7-8,10H2,1-2H3,(H,22,26)(H2,21,23,24);1H. The third-order valence-electron chi connectivity index (χ3n) is 3.70. The lowest BCUT2D eigenvalue weighted by Crippen LogP contribution is -2.41. The van der Waals surface area contributed by atoms with Crippen LogP contribution in [0.5, 0.6) is 0 Å². The first-order valence-corrected chi connectivity index (χ1v) is 9.04. The van der Waals surface area contributed by atoms with E-state index < -0.39 is 0 Å². The van der Waals surface area contributed by atoms with Crippen molar-refractivity contribution < 1.29 is 4.79 Å². The zero-order valence-corrected chi connectivity index (χ0v) is 19.5. The van der Waals surface area contributed by atoms with Crippen LogP contribution < -0.4 is 16.0 Å². The summed E-state index contributed by atoms with van der Waals surface area (Å²) in [7, 11) is 3.51. The molecule has 0 saturated carbocycles. The molecule has 0 bridgehead atoms. The van der Waals surface area contributed by atoms with E-state index in [-0.39, 0.29) is 29.9 Å². The van der Waals surface area contributed by atoms with Crippen molar-refractivity contribution in [2.45, 2.75) is 6.54 Å². The molecule has 0 aliphatic carbocycles. The van der Waals surface area contributed by atoms with E-state index in [0.717, 1.165) is 5.69 Å². The number of aliphatic imine (C=N–C) groups is 1. The Morgan fingerprint density at radius 1 is 1.07 bits per heavy atom. The normalized spacial score (nSPS) is 10.9. The fourth-order valence-corrected chi connectivity index (χ4v) is 2.89. The number of carbonyl (C=O) groups excluding carboxylic acids is 1. The molecule has 0 saturated heterocycles. The molecule has 1 aromatic heterocycles. The van der Waals surface area contributed by atoms with Gasteiger partial charge in [-0.25, -0.2) is 0 Å². The van der Waals surface area contributed by atoms with Crippen molar-refractivity contribution in [1.29, 1.82) is 0 Å². The van der Waals surface area contributed by atoms with Crippen molar-refractivity contribution in [1.82, 2.24) is 20.5 Å². The molecule has 3 N–H and O–H groups in total. The average Bonchev–Trinajstić information content (AvgIpc) is 2.88. The maximum atomic E-state index is 12.1. The lowest BCUT2D eigenvalue weighted by Gasteiger charge is -2.13. The summed E-state index contributed by atoms with van der Waals surface area (Å²) in [4.78, 5) is 16.2. The van der Waals surface area contributed by atoms with E-state index in [2.05, 4.69) is 20.9 Å². The van der Waals surface area contributed by atoms with Crippen LogP contribution in [0.3, 0.4) is 0 Å². The average molecular weight is 545 g/mol. The van der Waals surface area contributed by atoms with Gasteiger partial charge in [0.05, 0.1) is 22.2 Å². The number of rotatable bonds is 6. The predicted octanol–water partition coefficient (Wildman–Crippen LogP) is 3.70. The van der Waals surface area contributed by atoms with Crippen LogP contribution in [0.2, 0.25) is 15.2 Å². The van der Waals surface area contributed by atoms with E-state index in [4.69, 9.17) is 34.8 Å². The molecule has 0 aliphatic heterocycles. The minimum Gasteiger partial charge on any atom is -0.355 e. The first kappa shape index (κ1) is 23.9. The van der Waals surface area contributed by atoms with Gasteiger partial charge in [-0.05, 0) is 18.2 Å². The number of amides is 1. The van der Waals surface area contributed by atoms with Crippen molar-refractivity contribution in [2.24, 2.45) is 12.0 Å². The predicted molar refractivity (Wildman–Crippen MR) is 123 cm³/mol. The van der Waals surface area contributed by atoms with E-state index in [9.17, 15) is 4.79 Å². The van der Waals surface area contributed by atoms with Crippen molar-refractivity contribution in [3.8, 4) is 0 Å². The molecule has 0 aliphatic rings. The van der Waals surface area contributed by atoms with Gasteiger partial charge in [-0.1, -0.05) is 46.9 Å². The summed E-state index contributed by atoms with van der Waals surface area (Å²) in [6, 6.07) is 8.72. The molecule has 1 heterocycles. The van der Waals surface area contributed by atoms with Gasteiger partial charge >= 0.3 is 0 Å². The molecular formula is C17H21Cl3IN5O. The maximum absolute atomic E-state index is 12.1. The summed E-state index contributed by atoms with van der Waals surface area (Å²) in [6.07, 6.45) is 0. The number of aromatic nitrogens is 1. The van der Waals surface area contributed by atoms with Crippen molar-refractivity contribution in [3.63, 3.8) is 0 Å². The van der Waals surface area contributed by atoms with Gasteiger partial charge in [0.1, 0.15) is 5.15 Å². The smallest absolute Gasteiger partial charge is 0.252 e. The number of nitrogens with zero attached hydrogens (tertiary/aromatic N) is 2. The third-order valence-corrected chi connectivity index (χ3v) is 4.87. The molecule has 2 aromatic rings. The van der Waals surface area contributed by atoms with E-state index >= 15 is 0 Å². The Hall–Kier alpha value is -1.16. The van der Waals surface area contributed by atoms with E-state index in [0.29, 0.717) is 46.4 Å². The van der Waals surface area contributed by atoms with Gasteiger partial charge in [-0.2, -0.15) is 0 Å². The molecular weight excluding hydrogens is 523 g/mol. The van der Waals surface area contributed by atoms with Crippen LogP contribution in [0, 0.1) is 0 Å². The summed E-state index contributed by atoms with van der Waals surface area (Å²) in [5.41, 5.74) is 1.38. The summed E-state index contributed by atoms with van der Waals surface area (Å²) >= 11 is 18.1. The second-order valence-corrected chi connectivity index (χ2v) is 6.59. The van der Waals surface area contributed by atoms with Gasteiger partial charge in [-0.15, -0.1) is 24.0 Å². The van der Waals surface area contributed by atoms with Crippen LogP contribution >= 0.6 is 58.8 Å². The Bertz CT molecular complexity index is 810. The Morgan fingerprint density at radius 3 is 2.33 bits per heavy atom. The fourth-order valence-electron chi connectivity index (χ4n) is 2.25. The molecule has 0 spiro atoms. The molecule has 0 atom stereocenters. The number of halogens is 4. The van der Waals surface area contributed by atoms with Crippen LogP contribution in [0.15, 0.2) is 35.3 Å². The molecule has 10 heteroatoms. The Morgan fingerprint density at radius 2 is 1.74 bits per heavy atom. The van der Waals surface area contributed by atoms with Crippen molar-refractivity contribution in [3.05, 3.63) is 56.8 Å². The van der Waals surface area contributed by atoms with Crippen LogP contribution in [0.25, 0.3) is 0 Å². The van der Waals surface area contributed by atoms with Gasteiger partial charge in [0, 0.05) is 32.9 Å².